The van der Waals surface area contributed by atoms with E-state index in [4.69, 9.17) is 5.11 Å². The monoisotopic (exact) mass is 276 g/mol. The van der Waals surface area contributed by atoms with Crippen LogP contribution in [-0.4, -0.2) is 25.7 Å². The van der Waals surface area contributed by atoms with Gasteiger partial charge in [-0.1, -0.05) is 0 Å². The van der Waals surface area contributed by atoms with Crippen molar-refractivity contribution in [3.8, 4) is 0 Å². The second-order valence-corrected chi connectivity index (χ2v) is 4.53. The highest BCUT2D eigenvalue weighted by Crippen LogP contribution is 2.03. The van der Waals surface area contributed by atoms with Gasteiger partial charge in [-0.2, -0.15) is 0 Å². The number of rotatable bonds is 5. The van der Waals surface area contributed by atoms with E-state index in [-0.39, 0.29) is 17.5 Å². The molecule has 0 aromatic carbocycles. The molecule has 106 valence electrons. The minimum absolute atomic E-state index is 0.283. The maximum Gasteiger partial charge on any atom is 0.308 e. The maximum absolute atomic E-state index is 12.2. The van der Waals surface area contributed by atoms with Crippen LogP contribution in [0.4, 0.5) is 0 Å². The number of hydrogen-bond acceptors (Lipinski definition) is 4. The number of aromatic nitrogens is 3. The van der Waals surface area contributed by atoms with Crippen molar-refractivity contribution in [1.82, 2.24) is 14.6 Å². The molecular weight excluding hydrogens is 260 g/mol. The molecule has 0 bridgehead atoms. The average Bonchev–Trinajstić information content (AvgIpc) is 2.79. The van der Waals surface area contributed by atoms with Crippen LogP contribution >= 0.6 is 0 Å². The molecule has 3 N–H and O–H groups in total. The topological polar surface area (TPSA) is 100 Å². The summed E-state index contributed by atoms with van der Waals surface area (Å²) in [4.78, 5) is 30.0. The third kappa shape index (κ3) is 2.87. The van der Waals surface area contributed by atoms with Crippen molar-refractivity contribution < 1.29 is 9.90 Å². The van der Waals surface area contributed by atoms with Gasteiger partial charge in [0, 0.05) is 17.5 Å². The molecule has 0 saturated carbocycles. The molecule has 0 aliphatic carbocycles. The van der Waals surface area contributed by atoms with Gasteiger partial charge in [0.25, 0.3) is 5.56 Å². The summed E-state index contributed by atoms with van der Waals surface area (Å²) >= 11 is 0. The number of hydrogen-bond donors (Lipinski definition) is 3. The van der Waals surface area contributed by atoms with Crippen LogP contribution in [0.25, 0.3) is 0 Å². The van der Waals surface area contributed by atoms with E-state index in [1.807, 2.05) is 6.92 Å². The molecule has 2 heterocycles. The first-order valence-corrected chi connectivity index (χ1v) is 6.14. The SMILES string of the molecule is Cc1ccn(NCc2nc[nH]c2C)c(=O)c1CC(=O)O. The molecule has 2 aromatic heterocycles. The Kier molecular flexibility index (Phi) is 3.88. The van der Waals surface area contributed by atoms with Crippen LogP contribution in [0.3, 0.4) is 0 Å². The van der Waals surface area contributed by atoms with Gasteiger partial charge in [0.1, 0.15) is 0 Å². The summed E-state index contributed by atoms with van der Waals surface area (Å²) in [5.41, 5.74) is 5.26. The van der Waals surface area contributed by atoms with Crippen LogP contribution < -0.4 is 11.0 Å². The number of carboxylic acids is 1. The Morgan fingerprint density at radius 2 is 2.25 bits per heavy atom. The number of aliphatic carboxylic acids is 1. The zero-order chi connectivity index (χ0) is 14.7. The number of carboxylic acid groups (broad SMARTS) is 1. The highest BCUT2D eigenvalue weighted by Gasteiger charge is 2.11. The molecule has 2 aromatic rings. The van der Waals surface area contributed by atoms with Gasteiger partial charge < -0.3 is 15.5 Å². The van der Waals surface area contributed by atoms with Gasteiger partial charge >= 0.3 is 5.97 Å². The minimum atomic E-state index is -1.02. The fourth-order valence-electron chi connectivity index (χ4n) is 1.88. The molecule has 2 rings (SSSR count). The number of nitrogens with zero attached hydrogens (tertiary/aromatic N) is 2. The molecule has 0 fully saturated rings. The molecule has 0 aliphatic heterocycles. The molecule has 0 atom stereocenters. The van der Waals surface area contributed by atoms with E-state index in [0.29, 0.717) is 12.1 Å². The maximum atomic E-state index is 12.2. The minimum Gasteiger partial charge on any atom is -0.481 e. The predicted octanol–water partition coefficient (Wildman–Crippen LogP) is 0.559. The molecule has 7 nitrogen and oxygen atoms in total. The van der Waals surface area contributed by atoms with Crippen LogP contribution in [0, 0.1) is 13.8 Å². The lowest BCUT2D eigenvalue weighted by molar-refractivity contribution is -0.136. The quantitative estimate of drug-likeness (QED) is 0.741. The zero-order valence-electron chi connectivity index (χ0n) is 11.3. The molecule has 7 heteroatoms. The molecule has 0 spiro atoms. The third-order valence-corrected chi connectivity index (χ3v) is 3.11. The number of pyridine rings is 1. The lowest BCUT2D eigenvalue weighted by atomic mass is 10.1. The Balaban J connectivity index is 2.23. The van der Waals surface area contributed by atoms with E-state index in [1.54, 1.807) is 25.5 Å². The fourth-order valence-corrected chi connectivity index (χ4v) is 1.88. The van der Waals surface area contributed by atoms with E-state index in [0.717, 1.165) is 11.4 Å². The van der Waals surface area contributed by atoms with Crippen LogP contribution in [-0.2, 0) is 17.8 Å². The van der Waals surface area contributed by atoms with Gasteiger partial charge in [-0.25, -0.2) is 9.66 Å². The molecule has 20 heavy (non-hydrogen) atoms. The number of H-pyrrole nitrogens is 1. The van der Waals surface area contributed by atoms with Gasteiger partial charge in [-0.05, 0) is 25.5 Å². The Labute approximate surface area is 115 Å². The summed E-state index contributed by atoms with van der Waals surface area (Å²) in [6, 6.07) is 1.71. The van der Waals surface area contributed by atoms with Crippen molar-refractivity contribution in [2.75, 3.05) is 5.43 Å². The molecule has 0 saturated heterocycles. The summed E-state index contributed by atoms with van der Waals surface area (Å²) in [5, 5.41) is 8.84. The first kappa shape index (κ1) is 13.9. The highest BCUT2D eigenvalue weighted by molar-refractivity contribution is 5.70. The second-order valence-electron chi connectivity index (χ2n) is 4.53. The van der Waals surface area contributed by atoms with Gasteiger partial charge in [0.15, 0.2) is 0 Å². The molecular formula is C13H16N4O3. The van der Waals surface area contributed by atoms with Crippen molar-refractivity contribution >= 4 is 5.97 Å². The number of imidazole rings is 1. The van der Waals surface area contributed by atoms with Crippen molar-refractivity contribution in [3.63, 3.8) is 0 Å². The molecule has 0 aliphatic rings. The van der Waals surface area contributed by atoms with Gasteiger partial charge in [0.2, 0.25) is 0 Å². The normalized spacial score (nSPS) is 10.5. The first-order valence-electron chi connectivity index (χ1n) is 6.14. The smallest absolute Gasteiger partial charge is 0.308 e. The second kappa shape index (κ2) is 5.60. The van der Waals surface area contributed by atoms with Crippen molar-refractivity contribution in [2.24, 2.45) is 0 Å². The average molecular weight is 276 g/mol. The third-order valence-electron chi connectivity index (χ3n) is 3.11. The van der Waals surface area contributed by atoms with Crippen LogP contribution in [0.15, 0.2) is 23.4 Å². The van der Waals surface area contributed by atoms with Crippen LogP contribution in [0.5, 0.6) is 0 Å². The number of aromatic amines is 1. The Bertz CT molecular complexity index is 687. The summed E-state index contributed by atoms with van der Waals surface area (Å²) in [5.74, 6) is -1.02. The van der Waals surface area contributed by atoms with E-state index in [2.05, 4.69) is 15.4 Å². The van der Waals surface area contributed by atoms with Crippen molar-refractivity contribution in [2.45, 2.75) is 26.8 Å². The lowest BCUT2D eigenvalue weighted by Crippen LogP contribution is -2.32. The lowest BCUT2D eigenvalue weighted by Gasteiger charge is -2.11. The largest absolute Gasteiger partial charge is 0.481 e. The molecule has 0 amide bonds. The van der Waals surface area contributed by atoms with Gasteiger partial charge in [-0.3, -0.25) is 9.59 Å². The Hall–Kier alpha value is -2.57. The Morgan fingerprint density at radius 1 is 1.50 bits per heavy atom. The van der Waals surface area contributed by atoms with Gasteiger partial charge in [0.05, 0.1) is 25.0 Å². The van der Waals surface area contributed by atoms with E-state index < -0.39 is 5.97 Å². The number of aryl methyl sites for hydroxylation is 2. The zero-order valence-corrected chi connectivity index (χ0v) is 11.3. The van der Waals surface area contributed by atoms with E-state index >= 15 is 0 Å². The summed E-state index contributed by atoms with van der Waals surface area (Å²) in [7, 11) is 0. The predicted molar refractivity (Wildman–Crippen MR) is 73.2 cm³/mol. The van der Waals surface area contributed by atoms with E-state index in [1.165, 1.54) is 4.68 Å². The van der Waals surface area contributed by atoms with Crippen LogP contribution in [0.1, 0.15) is 22.5 Å². The summed E-state index contributed by atoms with van der Waals surface area (Å²) in [6.45, 7) is 3.99. The summed E-state index contributed by atoms with van der Waals surface area (Å²) in [6.07, 6.45) is 2.89. The first-order chi connectivity index (χ1) is 9.49. The molecule has 0 radical (unpaired) electrons. The van der Waals surface area contributed by atoms with Gasteiger partial charge in [-0.15, -0.1) is 0 Å². The Morgan fingerprint density at radius 3 is 2.85 bits per heavy atom. The van der Waals surface area contributed by atoms with Crippen molar-refractivity contribution in [3.05, 3.63) is 51.5 Å². The highest BCUT2D eigenvalue weighted by atomic mass is 16.4. The standard InChI is InChI=1S/C13H16N4O3/c1-8-3-4-17(13(20)10(8)5-12(18)19)16-6-11-9(2)14-7-15-11/h3-4,7,16H,5-6H2,1-2H3,(H,14,15)(H,18,19). The number of nitrogens with one attached hydrogen (secondary N) is 2. The molecule has 0 unspecified atom stereocenters. The van der Waals surface area contributed by atoms with Crippen molar-refractivity contribution in [1.29, 1.82) is 0 Å². The van der Waals surface area contributed by atoms with Crippen LogP contribution in [0.2, 0.25) is 0 Å². The fraction of sp³-hybridized carbons (Fsp3) is 0.308. The van der Waals surface area contributed by atoms with E-state index in [9.17, 15) is 9.59 Å². The number of carbonyl (C=O) groups is 1. The summed E-state index contributed by atoms with van der Waals surface area (Å²) < 4.78 is 1.29.